The van der Waals surface area contributed by atoms with E-state index in [-0.39, 0.29) is 17.1 Å². The maximum atomic E-state index is 12.3. The van der Waals surface area contributed by atoms with Gasteiger partial charge < -0.3 is 9.84 Å². The van der Waals surface area contributed by atoms with E-state index in [4.69, 9.17) is 4.74 Å². The molecule has 0 amide bonds. The molecule has 0 aliphatic carbocycles. The van der Waals surface area contributed by atoms with Crippen LogP contribution < -0.4 is 4.74 Å². The fourth-order valence-corrected chi connectivity index (χ4v) is 1.77. The van der Waals surface area contributed by atoms with Gasteiger partial charge in [-0.2, -0.15) is 0 Å². The van der Waals surface area contributed by atoms with Gasteiger partial charge in [-0.15, -0.1) is 0 Å². The quantitative estimate of drug-likeness (QED) is 0.842. The van der Waals surface area contributed by atoms with E-state index >= 15 is 0 Å². The molecule has 18 heavy (non-hydrogen) atoms. The molecular weight excluding hydrogens is 228 g/mol. The van der Waals surface area contributed by atoms with Crippen molar-refractivity contribution in [1.29, 1.82) is 0 Å². The van der Waals surface area contributed by atoms with Gasteiger partial charge in [-0.1, -0.05) is 35.9 Å². The molecule has 0 spiro atoms. The van der Waals surface area contributed by atoms with Gasteiger partial charge in [0.15, 0.2) is 0 Å². The Kier molecular flexibility index (Phi) is 3.33. The highest BCUT2D eigenvalue weighted by atomic mass is 16.5. The van der Waals surface area contributed by atoms with Crippen LogP contribution in [0.4, 0.5) is 0 Å². The van der Waals surface area contributed by atoms with Crippen LogP contribution in [0, 0.1) is 6.92 Å². The van der Waals surface area contributed by atoms with Gasteiger partial charge in [-0.25, -0.2) is 0 Å². The summed E-state index contributed by atoms with van der Waals surface area (Å²) in [6.45, 7) is 1.95. The van der Waals surface area contributed by atoms with E-state index in [1.54, 1.807) is 24.3 Å². The second-order valence-corrected chi connectivity index (χ2v) is 4.05. The molecule has 0 bridgehead atoms. The van der Waals surface area contributed by atoms with Crippen LogP contribution >= 0.6 is 0 Å². The lowest BCUT2D eigenvalue weighted by Gasteiger charge is -2.09. The number of ether oxygens (including phenoxy) is 1. The van der Waals surface area contributed by atoms with E-state index in [0.29, 0.717) is 11.3 Å². The fourth-order valence-electron chi connectivity index (χ4n) is 1.77. The average molecular weight is 242 g/mol. The van der Waals surface area contributed by atoms with Gasteiger partial charge in [-0.3, -0.25) is 4.79 Å². The van der Waals surface area contributed by atoms with Gasteiger partial charge in [0.1, 0.15) is 17.1 Å². The van der Waals surface area contributed by atoms with Crippen LogP contribution in [-0.4, -0.2) is 18.0 Å². The minimum absolute atomic E-state index is 0.0695. The SMILES string of the molecule is COc1cccc(O)c1C(=O)c1ccc(C)cc1. The van der Waals surface area contributed by atoms with Crippen molar-refractivity contribution >= 4 is 5.78 Å². The third-order valence-electron chi connectivity index (χ3n) is 2.76. The summed E-state index contributed by atoms with van der Waals surface area (Å²) in [7, 11) is 1.47. The zero-order chi connectivity index (χ0) is 13.1. The first-order chi connectivity index (χ1) is 8.63. The normalized spacial score (nSPS) is 10.1. The van der Waals surface area contributed by atoms with Crippen LogP contribution in [0.25, 0.3) is 0 Å². The van der Waals surface area contributed by atoms with Crippen molar-refractivity contribution in [1.82, 2.24) is 0 Å². The lowest BCUT2D eigenvalue weighted by atomic mass is 10.0. The number of rotatable bonds is 3. The van der Waals surface area contributed by atoms with Crippen LogP contribution in [-0.2, 0) is 0 Å². The molecule has 3 heteroatoms. The molecule has 0 aliphatic heterocycles. The Morgan fingerprint density at radius 2 is 1.78 bits per heavy atom. The first-order valence-electron chi connectivity index (χ1n) is 5.61. The predicted octanol–water partition coefficient (Wildman–Crippen LogP) is 2.94. The molecule has 1 N–H and O–H groups in total. The largest absolute Gasteiger partial charge is 0.507 e. The van der Waals surface area contributed by atoms with E-state index in [0.717, 1.165) is 5.56 Å². The van der Waals surface area contributed by atoms with Crippen molar-refractivity contribution in [3.8, 4) is 11.5 Å². The van der Waals surface area contributed by atoms with Gasteiger partial charge in [0.05, 0.1) is 7.11 Å². The number of carbonyl (C=O) groups is 1. The Morgan fingerprint density at radius 1 is 1.11 bits per heavy atom. The van der Waals surface area contributed by atoms with Gasteiger partial charge in [0.25, 0.3) is 0 Å². The number of hydrogen-bond acceptors (Lipinski definition) is 3. The second-order valence-electron chi connectivity index (χ2n) is 4.05. The summed E-state index contributed by atoms with van der Waals surface area (Å²) in [6, 6.07) is 12.0. The first-order valence-corrected chi connectivity index (χ1v) is 5.61. The number of benzene rings is 2. The van der Waals surface area contributed by atoms with Crippen molar-refractivity contribution in [2.24, 2.45) is 0 Å². The van der Waals surface area contributed by atoms with E-state index in [1.807, 2.05) is 19.1 Å². The molecule has 0 radical (unpaired) electrons. The number of aromatic hydroxyl groups is 1. The molecule has 0 aliphatic rings. The van der Waals surface area contributed by atoms with Crippen molar-refractivity contribution < 1.29 is 14.6 Å². The summed E-state index contributed by atoms with van der Waals surface area (Å²) in [5.74, 6) is 0.0606. The number of hydrogen-bond donors (Lipinski definition) is 1. The highest BCUT2D eigenvalue weighted by Crippen LogP contribution is 2.29. The predicted molar refractivity (Wildman–Crippen MR) is 69.3 cm³/mol. The number of carbonyl (C=O) groups excluding carboxylic acids is 1. The highest BCUT2D eigenvalue weighted by Gasteiger charge is 2.18. The Labute approximate surface area is 106 Å². The molecule has 0 atom stereocenters. The maximum absolute atomic E-state index is 12.3. The average Bonchev–Trinajstić information content (AvgIpc) is 2.38. The Hall–Kier alpha value is -2.29. The van der Waals surface area contributed by atoms with Crippen molar-refractivity contribution in [2.45, 2.75) is 6.92 Å². The van der Waals surface area contributed by atoms with Gasteiger partial charge >= 0.3 is 0 Å². The molecule has 0 unspecified atom stereocenters. The van der Waals surface area contributed by atoms with Crippen LogP contribution in [0.1, 0.15) is 21.5 Å². The van der Waals surface area contributed by atoms with Crippen molar-refractivity contribution in [3.05, 3.63) is 59.2 Å². The smallest absolute Gasteiger partial charge is 0.200 e. The number of phenols is 1. The second kappa shape index (κ2) is 4.92. The highest BCUT2D eigenvalue weighted by molar-refractivity contribution is 6.12. The van der Waals surface area contributed by atoms with E-state index in [9.17, 15) is 9.90 Å². The minimum Gasteiger partial charge on any atom is -0.507 e. The molecule has 92 valence electrons. The van der Waals surface area contributed by atoms with Crippen LogP contribution in [0.3, 0.4) is 0 Å². The molecule has 2 rings (SSSR count). The molecule has 0 aromatic heterocycles. The third kappa shape index (κ3) is 2.20. The standard InChI is InChI=1S/C15H14O3/c1-10-6-8-11(9-7-10)15(17)14-12(16)4-3-5-13(14)18-2/h3-9,16H,1-2H3. The molecule has 2 aromatic rings. The molecule has 0 heterocycles. The number of aryl methyl sites for hydroxylation is 1. The van der Waals surface area contributed by atoms with Crippen LogP contribution in [0.5, 0.6) is 11.5 Å². The first kappa shape index (κ1) is 12.2. The summed E-state index contributed by atoms with van der Waals surface area (Å²) < 4.78 is 5.11. The summed E-state index contributed by atoms with van der Waals surface area (Å²) >= 11 is 0. The van der Waals surface area contributed by atoms with Crippen LogP contribution in [0.2, 0.25) is 0 Å². The summed E-state index contributed by atoms with van der Waals surface area (Å²) in [5.41, 5.74) is 1.81. The van der Waals surface area contributed by atoms with Gasteiger partial charge in [0, 0.05) is 5.56 Å². The topological polar surface area (TPSA) is 46.5 Å². The van der Waals surface area contributed by atoms with Crippen LogP contribution in [0.15, 0.2) is 42.5 Å². The molecule has 0 fully saturated rings. The number of methoxy groups -OCH3 is 1. The number of ketones is 1. The zero-order valence-electron chi connectivity index (χ0n) is 10.3. The van der Waals surface area contributed by atoms with Gasteiger partial charge in [-0.05, 0) is 19.1 Å². The van der Waals surface area contributed by atoms with E-state index in [1.165, 1.54) is 13.2 Å². The Bertz CT molecular complexity index is 571. The minimum atomic E-state index is -0.245. The lowest BCUT2D eigenvalue weighted by molar-refractivity contribution is 0.103. The van der Waals surface area contributed by atoms with Crippen molar-refractivity contribution in [3.63, 3.8) is 0 Å². The summed E-state index contributed by atoms with van der Waals surface area (Å²) in [4.78, 5) is 12.3. The van der Waals surface area contributed by atoms with Crippen molar-refractivity contribution in [2.75, 3.05) is 7.11 Å². The molecule has 3 nitrogen and oxygen atoms in total. The lowest BCUT2D eigenvalue weighted by Crippen LogP contribution is -2.04. The summed E-state index contributed by atoms with van der Waals surface area (Å²) in [5, 5.41) is 9.81. The Balaban J connectivity index is 2.49. The molecule has 0 saturated carbocycles. The number of phenolic OH excluding ortho intramolecular Hbond substituents is 1. The van der Waals surface area contributed by atoms with E-state index < -0.39 is 0 Å². The summed E-state index contributed by atoms with van der Waals surface area (Å²) in [6.07, 6.45) is 0. The van der Waals surface area contributed by atoms with Gasteiger partial charge in [0.2, 0.25) is 5.78 Å². The molecular formula is C15H14O3. The maximum Gasteiger partial charge on any atom is 0.200 e. The van der Waals surface area contributed by atoms with E-state index in [2.05, 4.69) is 0 Å². The monoisotopic (exact) mass is 242 g/mol. The third-order valence-corrected chi connectivity index (χ3v) is 2.76. The molecule has 0 saturated heterocycles. The molecule has 2 aromatic carbocycles. The fraction of sp³-hybridized carbons (Fsp3) is 0.133. The zero-order valence-corrected chi connectivity index (χ0v) is 10.3. The Morgan fingerprint density at radius 3 is 2.39 bits per heavy atom.